The van der Waals surface area contributed by atoms with Gasteiger partial charge in [-0.05, 0) is 35.7 Å². The van der Waals surface area contributed by atoms with E-state index >= 15 is 0 Å². The van der Waals surface area contributed by atoms with Gasteiger partial charge < -0.3 is 13.9 Å². The molecule has 0 aliphatic heterocycles. The van der Waals surface area contributed by atoms with E-state index in [0.717, 1.165) is 11.6 Å². The summed E-state index contributed by atoms with van der Waals surface area (Å²) in [7, 11) is -4.32. The van der Waals surface area contributed by atoms with Gasteiger partial charge in [0.15, 0.2) is 5.03 Å². The van der Waals surface area contributed by atoms with Crippen LogP contribution >= 0.6 is 0 Å². The van der Waals surface area contributed by atoms with Crippen molar-refractivity contribution in [1.29, 1.82) is 0 Å². The zero-order valence-corrected chi connectivity index (χ0v) is 16.9. The first-order chi connectivity index (χ1) is 13.8. The van der Waals surface area contributed by atoms with Crippen LogP contribution < -0.4 is 4.18 Å². The van der Waals surface area contributed by atoms with Crippen LogP contribution in [0.5, 0.6) is 5.75 Å². The molecule has 0 aliphatic carbocycles. The molecule has 7 nitrogen and oxygen atoms in total. The minimum Gasteiger partial charge on any atom is -0.396 e. The van der Waals surface area contributed by atoms with Crippen molar-refractivity contribution in [3.63, 3.8) is 0 Å². The van der Waals surface area contributed by atoms with Gasteiger partial charge in [0.05, 0.1) is 18.8 Å². The van der Waals surface area contributed by atoms with E-state index in [2.05, 4.69) is 9.97 Å². The summed E-state index contributed by atoms with van der Waals surface area (Å²) in [6.07, 6.45) is 3.40. The zero-order valence-electron chi connectivity index (χ0n) is 16.1. The Morgan fingerprint density at radius 1 is 1.21 bits per heavy atom. The van der Waals surface area contributed by atoms with E-state index in [9.17, 15) is 17.9 Å². The van der Waals surface area contributed by atoms with Gasteiger partial charge in [0, 0.05) is 24.9 Å². The molecule has 154 valence electrons. The molecular formula is C20H22FN3O4S. The number of aliphatic hydroxyl groups excluding tert-OH is 1. The average Bonchev–Trinajstić information content (AvgIpc) is 3.02. The van der Waals surface area contributed by atoms with E-state index in [0.29, 0.717) is 11.5 Å². The maximum Gasteiger partial charge on any atom is 0.357 e. The molecule has 0 amide bonds. The first-order valence-electron chi connectivity index (χ1n) is 9.11. The van der Waals surface area contributed by atoms with Crippen molar-refractivity contribution < 1.29 is 22.1 Å². The fraction of sp³-hybridized carbons (Fsp3) is 0.300. The van der Waals surface area contributed by atoms with Crippen LogP contribution in [0, 0.1) is 5.82 Å². The number of rotatable bonds is 8. The Labute approximate surface area is 169 Å². The summed E-state index contributed by atoms with van der Waals surface area (Å²) in [5.74, 6) is -0.519. The molecule has 29 heavy (non-hydrogen) atoms. The summed E-state index contributed by atoms with van der Waals surface area (Å²) in [5.41, 5.74) is 1.15. The second-order valence-electron chi connectivity index (χ2n) is 6.78. The first-order valence-corrected chi connectivity index (χ1v) is 10.5. The average molecular weight is 419 g/mol. The van der Waals surface area contributed by atoms with Gasteiger partial charge >= 0.3 is 10.1 Å². The maximum absolute atomic E-state index is 13.5. The van der Waals surface area contributed by atoms with Crippen molar-refractivity contribution in [3.8, 4) is 5.75 Å². The Kier molecular flexibility index (Phi) is 6.29. The summed E-state index contributed by atoms with van der Waals surface area (Å²) < 4.78 is 46.6. The molecule has 0 saturated carbocycles. The summed E-state index contributed by atoms with van der Waals surface area (Å²) in [6, 6.07) is 8.48. The van der Waals surface area contributed by atoms with Gasteiger partial charge in [0.2, 0.25) is 0 Å². The van der Waals surface area contributed by atoms with Gasteiger partial charge in [0.1, 0.15) is 17.4 Å². The van der Waals surface area contributed by atoms with Crippen molar-refractivity contribution in [1.82, 2.24) is 14.5 Å². The molecule has 0 unspecified atom stereocenters. The third-order valence-electron chi connectivity index (χ3n) is 4.24. The number of imidazole rings is 1. The van der Waals surface area contributed by atoms with Crippen molar-refractivity contribution in [2.24, 2.45) is 0 Å². The summed E-state index contributed by atoms with van der Waals surface area (Å²) in [6.45, 7) is 3.67. The fourth-order valence-corrected chi connectivity index (χ4v) is 4.36. The highest BCUT2D eigenvalue weighted by Crippen LogP contribution is 2.29. The number of benzene rings is 1. The summed E-state index contributed by atoms with van der Waals surface area (Å²) in [5, 5.41) is 9.33. The van der Waals surface area contributed by atoms with Gasteiger partial charge in [0.25, 0.3) is 0 Å². The van der Waals surface area contributed by atoms with E-state index in [-0.39, 0.29) is 36.3 Å². The second kappa shape index (κ2) is 8.71. The van der Waals surface area contributed by atoms with Gasteiger partial charge in [-0.2, -0.15) is 8.42 Å². The summed E-state index contributed by atoms with van der Waals surface area (Å²) >= 11 is 0. The highest BCUT2D eigenvalue weighted by Gasteiger charge is 2.31. The lowest BCUT2D eigenvalue weighted by Crippen LogP contribution is -2.19. The SMILES string of the molecule is CC(C)c1nc(CCO)n(Cc2ccncc2)c1S(=O)(=O)Oc1cccc(F)c1. The summed E-state index contributed by atoms with van der Waals surface area (Å²) in [4.78, 5) is 8.45. The molecule has 0 bridgehead atoms. The Morgan fingerprint density at radius 3 is 2.55 bits per heavy atom. The Morgan fingerprint density at radius 2 is 1.93 bits per heavy atom. The minimum atomic E-state index is -4.32. The molecule has 1 aromatic carbocycles. The predicted octanol–water partition coefficient (Wildman–Crippen LogP) is 2.89. The van der Waals surface area contributed by atoms with Crippen molar-refractivity contribution in [2.45, 2.75) is 37.8 Å². The molecule has 0 saturated heterocycles. The van der Waals surface area contributed by atoms with Crippen LogP contribution in [0.4, 0.5) is 4.39 Å². The van der Waals surface area contributed by atoms with Gasteiger partial charge in [-0.15, -0.1) is 0 Å². The first kappa shape index (κ1) is 20.9. The number of nitrogens with zero attached hydrogens (tertiary/aromatic N) is 3. The smallest absolute Gasteiger partial charge is 0.357 e. The predicted molar refractivity (Wildman–Crippen MR) is 105 cm³/mol. The molecule has 0 fully saturated rings. The number of aromatic nitrogens is 3. The van der Waals surface area contributed by atoms with Crippen LogP contribution in [-0.4, -0.2) is 34.7 Å². The van der Waals surface area contributed by atoms with Crippen LogP contribution in [0.2, 0.25) is 0 Å². The third-order valence-corrected chi connectivity index (χ3v) is 5.55. The monoisotopic (exact) mass is 419 g/mol. The highest BCUT2D eigenvalue weighted by molar-refractivity contribution is 7.87. The van der Waals surface area contributed by atoms with E-state index in [1.807, 2.05) is 13.8 Å². The minimum absolute atomic E-state index is 0.1000. The Bertz CT molecular complexity index is 1080. The van der Waals surface area contributed by atoms with Gasteiger partial charge in [-0.3, -0.25) is 4.98 Å². The molecule has 2 aromatic heterocycles. The molecular weight excluding hydrogens is 397 g/mol. The third kappa shape index (κ3) is 4.80. The van der Waals surface area contributed by atoms with Crippen LogP contribution in [0.25, 0.3) is 0 Å². The molecule has 3 aromatic rings. The van der Waals surface area contributed by atoms with Crippen molar-refractivity contribution in [3.05, 3.63) is 71.7 Å². The standard InChI is InChI=1S/C20H22FN3O4S/c1-14(2)19-20(29(26,27)28-17-5-3-4-16(21)12-17)24(18(23-19)8-11-25)13-15-6-9-22-10-7-15/h3-7,9-10,12,14,25H,8,11,13H2,1-2H3. The number of hydrogen-bond acceptors (Lipinski definition) is 6. The second-order valence-corrected chi connectivity index (χ2v) is 8.24. The van der Waals surface area contributed by atoms with Crippen LogP contribution in [0.15, 0.2) is 53.8 Å². The molecule has 1 N–H and O–H groups in total. The molecule has 0 radical (unpaired) electrons. The molecule has 0 aliphatic rings. The number of pyridine rings is 1. The quantitative estimate of drug-likeness (QED) is 0.564. The molecule has 0 atom stereocenters. The van der Waals surface area contributed by atoms with Crippen LogP contribution in [-0.2, 0) is 23.1 Å². The lowest BCUT2D eigenvalue weighted by Gasteiger charge is -2.14. The number of halogens is 1. The Balaban J connectivity index is 2.13. The highest BCUT2D eigenvalue weighted by atomic mass is 32.2. The molecule has 3 rings (SSSR count). The van der Waals surface area contributed by atoms with E-state index in [1.54, 1.807) is 24.5 Å². The fourth-order valence-electron chi connectivity index (χ4n) is 2.95. The zero-order chi connectivity index (χ0) is 21.0. The van der Waals surface area contributed by atoms with Crippen LogP contribution in [0.3, 0.4) is 0 Å². The maximum atomic E-state index is 13.5. The van der Waals surface area contributed by atoms with Gasteiger partial charge in [-0.1, -0.05) is 19.9 Å². The van der Waals surface area contributed by atoms with E-state index in [1.165, 1.54) is 22.8 Å². The number of aliphatic hydroxyl groups is 1. The van der Waals surface area contributed by atoms with Gasteiger partial charge in [-0.25, -0.2) is 9.37 Å². The Hall–Kier alpha value is -2.78. The van der Waals surface area contributed by atoms with E-state index < -0.39 is 15.9 Å². The molecule has 0 spiro atoms. The van der Waals surface area contributed by atoms with E-state index in [4.69, 9.17) is 4.18 Å². The number of hydrogen-bond donors (Lipinski definition) is 1. The largest absolute Gasteiger partial charge is 0.396 e. The molecule has 2 heterocycles. The van der Waals surface area contributed by atoms with Crippen molar-refractivity contribution >= 4 is 10.1 Å². The molecule has 9 heteroatoms. The lowest BCUT2D eigenvalue weighted by atomic mass is 10.1. The topological polar surface area (TPSA) is 94.3 Å². The lowest BCUT2D eigenvalue weighted by molar-refractivity contribution is 0.294. The normalized spacial score (nSPS) is 11.8. The van der Waals surface area contributed by atoms with Crippen LogP contribution in [0.1, 0.15) is 36.8 Å². The van der Waals surface area contributed by atoms with Crippen molar-refractivity contribution in [2.75, 3.05) is 6.61 Å².